The van der Waals surface area contributed by atoms with E-state index < -0.39 is 0 Å². The Hall–Kier alpha value is -3.93. The average molecular weight is 409 g/mol. The molecule has 1 aliphatic rings. The number of fused-ring (bicyclic) bond motifs is 1. The number of anilines is 4. The maximum absolute atomic E-state index is 12.8. The van der Waals surface area contributed by atoms with Crippen LogP contribution in [0.5, 0.6) is 0 Å². The molecule has 6 nitrogen and oxygen atoms in total. The molecule has 0 atom stereocenters. The van der Waals surface area contributed by atoms with Crippen LogP contribution in [0.3, 0.4) is 0 Å². The largest absolute Gasteiger partial charge is 0.370 e. The number of hydrogen-bond donors (Lipinski definition) is 2. The maximum Gasteiger partial charge on any atom is 0.256 e. The van der Waals surface area contributed by atoms with Crippen molar-refractivity contribution in [3.8, 4) is 0 Å². The molecule has 0 radical (unpaired) electrons. The highest BCUT2D eigenvalue weighted by Crippen LogP contribution is 2.24. The molecule has 0 spiro atoms. The Balaban J connectivity index is 1.28. The molecular weight excluding hydrogens is 386 g/mol. The van der Waals surface area contributed by atoms with Crippen molar-refractivity contribution >= 4 is 39.6 Å². The van der Waals surface area contributed by atoms with E-state index >= 15 is 0 Å². The molecule has 1 aromatic heterocycles. The Labute approximate surface area is 180 Å². The van der Waals surface area contributed by atoms with Crippen molar-refractivity contribution in [1.82, 2.24) is 10.2 Å². The van der Waals surface area contributed by atoms with Gasteiger partial charge in [-0.05, 0) is 53.9 Å². The SMILES string of the molecule is O=C(Nc1ccc(Nc2cc(N3CCCC3)cnn2)cc1)c1cccc2ccccc12. The third-order valence-electron chi connectivity index (χ3n) is 5.56. The van der Waals surface area contributed by atoms with E-state index in [4.69, 9.17) is 0 Å². The number of rotatable bonds is 5. The molecule has 6 heteroatoms. The van der Waals surface area contributed by atoms with Crippen molar-refractivity contribution < 1.29 is 4.79 Å². The van der Waals surface area contributed by atoms with Crippen LogP contribution in [0.4, 0.5) is 22.9 Å². The summed E-state index contributed by atoms with van der Waals surface area (Å²) in [4.78, 5) is 15.1. The highest BCUT2D eigenvalue weighted by Gasteiger charge is 2.14. The minimum absolute atomic E-state index is 0.123. The van der Waals surface area contributed by atoms with Crippen LogP contribution in [0.25, 0.3) is 10.8 Å². The minimum atomic E-state index is -0.123. The molecule has 4 aromatic rings. The van der Waals surface area contributed by atoms with Gasteiger partial charge >= 0.3 is 0 Å². The highest BCUT2D eigenvalue weighted by molar-refractivity contribution is 6.12. The Kier molecular flexibility index (Phi) is 5.19. The molecule has 1 aliphatic heterocycles. The second kappa shape index (κ2) is 8.44. The third-order valence-corrected chi connectivity index (χ3v) is 5.56. The van der Waals surface area contributed by atoms with Gasteiger partial charge in [0.25, 0.3) is 5.91 Å². The third kappa shape index (κ3) is 4.19. The number of amides is 1. The lowest BCUT2D eigenvalue weighted by molar-refractivity contribution is 0.102. The normalized spacial score (nSPS) is 13.4. The Bertz CT molecular complexity index is 1210. The number of benzene rings is 3. The lowest BCUT2D eigenvalue weighted by Crippen LogP contribution is -2.18. The molecule has 31 heavy (non-hydrogen) atoms. The van der Waals surface area contributed by atoms with Crippen molar-refractivity contribution in [2.75, 3.05) is 28.6 Å². The number of nitrogens with zero attached hydrogens (tertiary/aromatic N) is 3. The Morgan fingerprint density at radius 1 is 0.871 bits per heavy atom. The zero-order chi connectivity index (χ0) is 21.0. The zero-order valence-electron chi connectivity index (χ0n) is 17.1. The molecule has 1 fully saturated rings. The quantitative estimate of drug-likeness (QED) is 0.473. The highest BCUT2D eigenvalue weighted by atomic mass is 16.1. The van der Waals surface area contributed by atoms with Crippen LogP contribution in [0.15, 0.2) is 79.0 Å². The first-order chi connectivity index (χ1) is 15.3. The lowest BCUT2D eigenvalue weighted by Gasteiger charge is -2.17. The second-order valence-electron chi connectivity index (χ2n) is 7.68. The predicted molar refractivity (Wildman–Crippen MR) is 125 cm³/mol. The van der Waals surface area contributed by atoms with Crippen molar-refractivity contribution in [2.45, 2.75) is 12.8 Å². The van der Waals surface area contributed by atoms with Gasteiger partial charge < -0.3 is 15.5 Å². The van der Waals surface area contributed by atoms with E-state index in [0.717, 1.165) is 40.9 Å². The summed E-state index contributed by atoms with van der Waals surface area (Å²) >= 11 is 0. The van der Waals surface area contributed by atoms with Gasteiger partial charge in [-0.3, -0.25) is 4.79 Å². The maximum atomic E-state index is 12.8. The van der Waals surface area contributed by atoms with Gasteiger partial charge in [-0.2, -0.15) is 5.10 Å². The van der Waals surface area contributed by atoms with E-state index in [1.807, 2.05) is 79.0 Å². The topological polar surface area (TPSA) is 70.2 Å². The van der Waals surface area contributed by atoms with Crippen LogP contribution < -0.4 is 15.5 Å². The summed E-state index contributed by atoms with van der Waals surface area (Å²) in [6, 6.07) is 23.3. The fraction of sp³-hybridized carbons (Fsp3) is 0.160. The summed E-state index contributed by atoms with van der Waals surface area (Å²) in [5, 5.41) is 16.6. The molecule has 0 bridgehead atoms. The van der Waals surface area contributed by atoms with E-state index in [1.54, 1.807) is 0 Å². The summed E-state index contributed by atoms with van der Waals surface area (Å²) in [7, 11) is 0. The monoisotopic (exact) mass is 409 g/mol. The first-order valence-corrected chi connectivity index (χ1v) is 10.5. The Morgan fingerprint density at radius 2 is 1.61 bits per heavy atom. The van der Waals surface area contributed by atoms with Gasteiger partial charge in [0.05, 0.1) is 11.9 Å². The molecule has 5 rings (SSSR count). The van der Waals surface area contributed by atoms with E-state index in [1.165, 1.54) is 12.8 Å². The predicted octanol–water partition coefficient (Wildman–Crippen LogP) is 5.23. The smallest absolute Gasteiger partial charge is 0.256 e. The molecule has 0 unspecified atom stereocenters. The van der Waals surface area contributed by atoms with Crippen molar-refractivity contribution in [2.24, 2.45) is 0 Å². The van der Waals surface area contributed by atoms with Crippen molar-refractivity contribution in [3.05, 3.63) is 84.6 Å². The molecule has 2 heterocycles. The van der Waals surface area contributed by atoms with Crippen molar-refractivity contribution in [1.29, 1.82) is 0 Å². The van der Waals surface area contributed by atoms with Crippen LogP contribution in [0.1, 0.15) is 23.2 Å². The van der Waals surface area contributed by atoms with E-state index in [0.29, 0.717) is 11.4 Å². The number of hydrogen-bond acceptors (Lipinski definition) is 5. The zero-order valence-corrected chi connectivity index (χ0v) is 17.1. The van der Waals surface area contributed by atoms with Crippen molar-refractivity contribution in [3.63, 3.8) is 0 Å². The van der Waals surface area contributed by atoms with Crippen LogP contribution in [0, 0.1) is 0 Å². The number of nitrogens with one attached hydrogen (secondary N) is 2. The van der Waals surface area contributed by atoms with Gasteiger partial charge in [0.2, 0.25) is 0 Å². The van der Waals surface area contributed by atoms with E-state index in [9.17, 15) is 4.79 Å². The van der Waals surface area contributed by atoms with E-state index in [2.05, 4.69) is 25.7 Å². The minimum Gasteiger partial charge on any atom is -0.370 e. The fourth-order valence-electron chi connectivity index (χ4n) is 3.97. The molecule has 154 valence electrons. The van der Waals surface area contributed by atoms with Gasteiger partial charge in [0.15, 0.2) is 5.82 Å². The fourth-order valence-corrected chi connectivity index (χ4v) is 3.97. The van der Waals surface area contributed by atoms with Crippen LogP contribution in [-0.2, 0) is 0 Å². The molecule has 2 N–H and O–H groups in total. The summed E-state index contributed by atoms with van der Waals surface area (Å²) in [5.41, 5.74) is 3.37. The van der Waals surface area contributed by atoms with Gasteiger partial charge in [0, 0.05) is 36.1 Å². The second-order valence-corrected chi connectivity index (χ2v) is 7.68. The summed E-state index contributed by atoms with van der Waals surface area (Å²) in [5.74, 6) is 0.582. The molecular formula is C25H23N5O. The summed E-state index contributed by atoms with van der Waals surface area (Å²) in [6.07, 6.45) is 4.25. The molecule has 0 saturated carbocycles. The molecule has 0 aliphatic carbocycles. The van der Waals surface area contributed by atoms with Crippen LogP contribution >= 0.6 is 0 Å². The summed E-state index contributed by atoms with van der Waals surface area (Å²) < 4.78 is 0. The van der Waals surface area contributed by atoms with Gasteiger partial charge in [-0.1, -0.05) is 36.4 Å². The van der Waals surface area contributed by atoms with Gasteiger partial charge in [0.1, 0.15) is 0 Å². The van der Waals surface area contributed by atoms with Gasteiger partial charge in [-0.25, -0.2) is 0 Å². The average Bonchev–Trinajstić information content (AvgIpc) is 3.35. The molecule has 3 aromatic carbocycles. The first-order valence-electron chi connectivity index (χ1n) is 10.5. The number of carbonyl (C=O) groups is 1. The van der Waals surface area contributed by atoms with E-state index in [-0.39, 0.29) is 5.91 Å². The molecule has 1 amide bonds. The summed E-state index contributed by atoms with van der Waals surface area (Å²) in [6.45, 7) is 2.13. The van der Waals surface area contributed by atoms with Crippen LogP contribution in [-0.4, -0.2) is 29.2 Å². The lowest BCUT2D eigenvalue weighted by atomic mass is 10.0. The molecule has 1 saturated heterocycles. The van der Waals surface area contributed by atoms with Crippen LogP contribution in [0.2, 0.25) is 0 Å². The Morgan fingerprint density at radius 3 is 2.45 bits per heavy atom. The number of carbonyl (C=O) groups excluding carboxylic acids is 1. The van der Waals surface area contributed by atoms with Gasteiger partial charge in [-0.15, -0.1) is 5.10 Å². The number of aromatic nitrogens is 2. The standard InChI is InChI=1S/C25H23N5O/c31-25(23-9-5-7-18-6-1-2-8-22(18)23)28-20-12-10-19(11-13-20)27-24-16-21(17-26-29-24)30-14-3-4-15-30/h1-2,5-13,16-17H,3-4,14-15H2,(H,27,29)(H,28,31). The first kappa shape index (κ1) is 19.1.